The van der Waals surface area contributed by atoms with Crippen molar-refractivity contribution < 1.29 is 0 Å². The fourth-order valence-electron chi connectivity index (χ4n) is 1.80. The van der Waals surface area contributed by atoms with Crippen molar-refractivity contribution in [2.45, 2.75) is 12.8 Å². The predicted molar refractivity (Wildman–Crippen MR) is 59.9 cm³/mol. The second-order valence-corrected chi connectivity index (χ2v) is 3.71. The van der Waals surface area contributed by atoms with Gasteiger partial charge in [-0.2, -0.15) is 5.21 Å². The number of para-hydroxylation sites is 1. The highest BCUT2D eigenvalue weighted by atomic mass is 15.5. The highest BCUT2D eigenvalue weighted by Crippen LogP contribution is 2.15. The standard InChI is InChI=1S/C11H11N5/c1-2-4-10-8(3-1)7-9(12-10)5-6-11-13-15-16-14-11/h1-4,7,12H,5-6H2,(H,13,14,15,16). The van der Waals surface area contributed by atoms with Crippen LogP contribution in [-0.4, -0.2) is 25.6 Å². The normalized spacial score (nSPS) is 11.0. The number of benzene rings is 1. The van der Waals surface area contributed by atoms with E-state index >= 15 is 0 Å². The van der Waals surface area contributed by atoms with Gasteiger partial charge in [0.05, 0.1) is 0 Å². The number of hydrogen-bond acceptors (Lipinski definition) is 3. The summed E-state index contributed by atoms with van der Waals surface area (Å²) in [5.74, 6) is 0.749. The van der Waals surface area contributed by atoms with Gasteiger partial charge >= 0.3 is 0 Å². The molecule has 0 saturated heterocycles. The molecule has 0 aliphatic carbocycles. The molecule has 16 heavy (non-hydrogen) atoms. The summed E-state index contributed by atoms with van der Waals surface area (Å²) in [6.45, 7) is 0. The molecule has 0 amide bonds. The van der Waals surface area contributed by atoms with Crippen LogP contribution in [0.4, 0.5) is 0 Å². The van der Waals surface area contributed by atoms with E-state index in [1.165, 1.54) is 16.6 Å². The van der Waals surface area contributed by atoms with Crippen LogP contribution in [0.15, 0.2) is 30.3 Å². The van der Waals surface area contributed by atoms with Crippen LogP contribution in [0.5, 0.6) is 0 Å². The summed E-state index contributed by atoms with van der Waals surface area (Å²) >= 11 is 0. The van der Waals surface area contributed by atoms with Gasteiger partial charge in [0.25, 0.3) is 0 Å². The summed E-state index contributed by atoms with van der Waals surface area (Å²) in [5, 5.41) is 15.1. The maximum Gasteiger partial charge on any atom is 0.174 e. The van der Waals surface area contributed by atoms with Gasteiger partial charge in [-0.05, 0) is 23.9 Å². The largest absolute Gasteiger partial charge is 0.358 e. The first-order valence-electron chi connectivity index (χ1n) is 5.21. The molecular weight excluding hydrogens is 202 g/mol. The van der Waals surface area contributed by atoms with Crippen molar-refractivity contribution in [1.82, 2.24) is 25.6 Å². The lowest BCUT2D eigenvalue weighted by molar-refractivity contribution is 0.849. The van der Waals surface area contributed by atoms with Gasteiger partial charge in [0, 0.05) is 17.6 Å². The first-order chi connectivity index (χ1) is 7.92. The van der Waals surface area contributed by atoms with E-state index in [1.807, 2.05) is 12.1 Å². The Kier molecular flexibility index (Phi) is 2.14. The number of aromatic amines is 2. The summed E-state index contributed by atoms with van der Waals surface area (Å²) in [6.07, 6.45) is 1.69. The monoisotopic (exact) mass is 213 g/mol. The van der Waals surface area contributed by atoms with Crippen LogP contribution in [0.3, 0.4) is 0 Å². The van der Waals surface area contributed by atoms with Gasteiger partial charge in [-0.25, -0.2) is 0 Å². The number of H-pyrrole nitrogens is 2. The Bertz CT molecular complexity index is 548. The summed E-state index contributed by atoms with van der Waals surface area (Å²) in [5.41, 5.74) is 2.37. The molecule has 5 nitrogen and oxygen atoms in total. The van der Waals surface area contributed by atoms with Gasteiger partial charge in [0.1, 0.15) is 0 Å². The molecule has 5 heteroatoms. The van der Waals surface area contributed by atoms with Gasteiger partial charge in [-0.3, -0.25) is 0 Å². The quantitative estimate of drug-likeness (QED) is 0.692. The Balaban J connectivity index is 1.79. The van der Waals surface area contributed by atoms with Crippen molar-refractivity contribution in [3.8, 4) is 0 Å². The van der Waals surface area contributed by atoms with Gasteiger partial charge in [-0.15, -0.1) is 10.2 Å². The molecule has 0 aliphatic heterocycles. The average Bonchev–Trinajstić information content (AvgIpc) is 2.95. The van der Waals surface area contributed by atoms with E-state index in [0.717, 1.165) is 18.7 Å². The molecule has 2 heterocycles. The first-order valence-corrected chi connectivity index (χ1v) is 5.21. The summed E-state index contributed by atoms with van der Waals surface area (Å²) in [6, 6.07) is 10.4. The van der Waals surface area contributed by atoms with Crippen LogP contribution in [0, 0.1) is 0 Å². The zero-order valence-corrected chi connectivity index (χ0v) is 8.64. The lowest BCUT2D eigenvalue weighted by atomic mass is 10.2. The van der Waals surface area contributed by atoms with Gasteiger partial charge < -0.3 is 4.98 Å². The Hall–Kier alpha value is -2.17. The molecular formula is C11H11N5. The molecule has 0 atom stereocenters. The lowest BCUT2D eigenvalue weighted by Crippen LogP contribution is -1.93. The highest BCUT2D eigenvalue weighted by molar-refractivity contribution is 5.80. The molecule has 1 aromatic carbocycles. The number of aromatic nitrogens is 5. The van der Waals surface area contributed by atoms with Gasteiger partial charge in [-0.1, -0.05) is 23.4 Å². The average molecular weight is 213 g/mol. The molecule has 0 aliphatic rings. The Morgan fingerprint density at radius 2 is 2.06 bits per heavy atom. The van der Waals surface area contributed by atoms with Crippen molar-refractivity contribution in [1.29, 1.82) is 0 Å². The predicted octanol–water partition coefficient (Wildman–Crippen LogP) is 1.47. The van der Waals surface area contributed by atoms with E-state index in [-0.39, 0.29) is 0 Å². The fourth-order valence-corrected chi connectivity index (χ4v) is 1.80. The van der Waals surface area contributed by atoms with Crippen LogP contribution in [-0.2, 0) is 12.8 Å². The molecule has 3 aromatic rings. The second kappa shape index (κ2) is 3.77. The molecule has 0 saturated carbocycles. The molecule has 80 valence electrons. The lowest BCUT2D eigenvalue weighted by Gasteiger charge is -1.92. The van der Waals surface area contributed by atoms with Crippen molar-refractivity contribution >= 4 is 10.9 Å². The number of hydrogen-bond donors (Lipinski definition) is 2. The maximum atomic E-state index is 3.92. The van der Waals surface area contributed by atoms with E-state index in [9.17, 15) is 0 Å². The molecule has 3 rings (SSSR count). The number of tetrazole rings is 1. The summed E-state index contributed by atoms with van der Waals surface area (Å²) in [7, 11) is 0. The molecule has 0 fully saturated rings. The van der Waals surface area contributed by atoms with Crippen LogP contribution in [0.2, 0.25) is 0 Å². The third-order valence-corrected chi connectivity index (χ3v) is 2.59. The van der Waals surface area contributed by atoms with Crippen molar-refractivity contribution in [3.05, 3.63) is 41.9 Å². The Labute approximate surface area is 91.9 Å². The maximum absolute atomic E-state index is 3.92. The fraction of sp³-hybridized carbons (Fsp3) is 0.182. The zero-order chi connectivity index (χ0) is 10.8. The summed E-state index contributed by atoms with van der Waals surface area (Å²) in [4.78, 5) is 3.37. The van der Waals surface area contributed by atoms with Crippen LogP contribution >= 0.6 is 0 Å². The minimum Gasteiger partial charge on any atom is -0.358 e. The zero-order valence-electron chi connectivity index (χ0n) is 8.64. The number of rotatable bonds is 3. The number of aryl methyl sites for hydroxylation is 2. The van der Waals surface area contributed by atoms with Crippen molar-refractivity contribution in [2.75, 3.05) is 0 Å². The van der Waals surface area contributed by atoms with E-state index in [4.69, 9.17) is 0 Å². The van der Waals surface area contributed by atoms with Crippen molar-refractivity contribution in [3.63, 3.8) is 0 Å². The smallest absolute Gasteiger partial charge is 0.174 e. The van der Waals surface area contributed by atoms with Crippen LogP contribution in [0.25, 0.3) is 10.9 Å². The second-order valence-electron chi connectivity index (χ2n) is 3.71. The minimum absolute atomic E-state index is 0.749. The van der Waals surface area contributed by atoms with Crippen LogP contribution < -0.4 is 0 Å². The number of nitrogens with zero attached hydrogens (tertiary/aromatic N) is 3. The topological polar surface area (TPSA) is 70.2 Å². The van der Waals surface area contributed by atoms with Gasteiger partial charge in [0.2, 0.25) is 0 Å². The molecule has 2 N–H and O–H groups in total. The number of nitrogens with one attached hydrogen (secondary N) is 2. The molecule has 0 spiro atoms. The third-order valence-electron chi connectivity index (χ3n) is 2.59. The van der Waals surface area contributed by atoms with E-state index < -0.39 is 0 Å². The van der Waals surface area contributed by atoms with E-state index in [2.05, 4.69) is 43.8 Å². The highest BCUT2D eigenvalue weighted by Gasteiger charge is 2.02. The Morgan fingerprint density at radius 1 is 1.12 bits per heavy atom. The summed E-state index contributed by atoms with van der Waals surface area (Å²) < 4.78 is 0. The molecule has 0 radical (unpaired) electrons. The van der Waals surface area contributed by atoms with E-state index in [0.29, 0.717) is 0 Å². The SMILES string of the molecule is c1ccc2[nH]c(CCc3nn[nH]n3)cc2c1. The van der Waals surface area contributed by atoms with Crippen molar-refractivity contribution in [2.24, 2.45) is 0 Å². The van der Waals surface area contributed by atoms with Crippen LogP contribution in [0.1, 0.15) is 11.5 Å². The Morgan fingerprint density at radius 3 is 2.88 bits per heavy atom. The first kappa shape index (κ1) is 9.08. The third kappa shape index (κ3) is 1.67. The molecule has 0 unspecified atom stereocenters. The van der Waals surface area contributed by atoms with Gasteiger partial charge in [0.15, 0.2) is 5.82 Å². The minimum atomic E-state index is 0.749. The molecule has 2 aromatic heterocycles. The number of fused-ring (bicyclic) bond motifs is 1. The molecule has 0 bridgehead atoms. The van der Waals surface area contributed by atoms with E-state index in [1.54, 1.807) is 0 Å².